The predicted molar refractivity (Wildman–Crippen MR) is 250 cm³/mol. The number of nitrogens with zero attached hydrogens (tertiary/aromatic N) is 4. The Kier molecular flexibility index (Phi) is 7.98. The summed E-state index contributed by atoms with van der Waals surface area (Å²) in [4.78, 5) is 4.81. The van der Waals surface area contributed by atoms with E-state index in [1.54, 1.807) is 33.4 Å². The number of rotatable bonds is 9. The molecule has 0 amide bonds. The molecule has 0 atom stereocenters. The minimum Gasteiger partial charge on any atom is -0.510 e. The van der Waals surface area contributed by atoms with E-state index in [1.807, 2.05) is 79.9 Å². The summed E-state index contributed by atoms with van der Waals surface area (Å²) in [6.45, 7) is 4.00. The van der Waals surface area contributed by atoms with Crippen molar-refractivity contribution in [2.45, 2.75) is 20.3 Å². The van der Waals surface area contributed by atoms with Crippen LogP contribution in [-0.4, -0.2) is 14.1 Å². The largest absolute Gasteiger partial charge is 0.510 e. The van der Waals surface area contributed by atoms with Crippen LogP contribution in [0.15, 0.2) is 194 Å². The quantitative estimate of drug-likeness (QED) is 0.107. The average molecular weight is 1000 g/mol. The van der Waals surface area contributed by atoms with Crippen molar-refractivity contribution in [2.75, 3.05) is 0 Å². The summed E-state index contributed by atoms with van der Waals surface area (Å²) in [5.41, 5.74) is 7.72. The first-order valence-corrected chi connectivity index (χ1v) is 20.2. The van der Waals surface area contributed by atoms with Crippen LogP contribution in [0.5, 0.6) is 11.5 Å². The predicted octanol–water partition coefficient (Wildman–Crippen LogP) is 13.5. The van der Waals surface area contributed by atoms with Gasteiger partial charge in [-0.25, -0.2) is 4.98 Å². The minimum atomic E-state index is -0.572. The normalized spacial score (nSPS) is 13.5. The van der Waals surface area contributed by atoms with E-state index in [0.29, 0.717) is 28.2 Å². The zero-order chi connectivity index (χ0) is 50.3. The van der Waals surface area contributed by atoms with Gasteiger partial charge >= 0.3 is 0 Å². The third-order valence-electron chi connectivity index (χ3n) is 11.1. The number of fused-ring (bicyclic) bond motifs is 4. The number of hydrogen-bond donors (Lipinski definition) is 0. The molecule has 0 aliphatic rings. The summed E-state index contributed by atoms with van der Waals surface area (Å²) in [6.07, 6.45) is 6.11. The van der Waals surface area contributed by atoms with Crippen molar-refractivity contribution in [2.24, 2.45) is 0 Å². The van der Waals surface area contributed by atoms with Gasteiger partial charge in [0.1, 0.15) is 5.82 Å². The molecule has 0 spiro atoms. The molecular weight excluding hydrogens is 952 g/mol. The molecular formula is C57H40N4OPt-2. The molecule has 63 heavy (non-hydrogen) atoms. The minimum absolute atomic E-state index is 0. The van der Waals surface area contributed by atoms with Gasteiger partial charge in [0.2, 0.25) is 0 Å². The number of pyridine rings is 1. The summed E-state index contributed by atoms with van der Waals surface area (Å²) in [7, 11) is 0. The summed E-state index contributed by atoms with van der Waals surface area (Å²) in [6, 6.07) is 42.2. The number of para-hydroxylation sites is 2. The van der Waals surface area contributed by atoms with Gasteiger partial charge in [0, 0.05) is 44.3 Å². The van der Waals surface area contributed by atoms with E-state index in [9.17, 15) is 0 Å². The monoisotopic (exact) mass is 1000 g/mol. The first-order chi connectivity index (χ1) is 34.7. The van der Waals surface area contributed by atoms with Crippen LogP contribution in [-0.2, 0) is 27.5 Å². The smallest absolute Gasteiger partial charge is 0.268 e. The van der Waals surface area contributed by atoms with Crippen molar-refractivity contribution in [1.29, 1.82) is 0 Å². The number of aromatic nitrogens is 4. The summed E-state index contributed by atoms with van der Waals surface area (Å²) < 4.78 is 99.4. The fraction of sp³-hybridized carbons (Fsp3) is 0.0526. The van der Waals surface area contributed by atoms with Crippen LogP contribution in [0, 0.1) is 25.4 Å². The van der Waals surface area contributed by atoms with Gasteiger partial charge in [0.15, 0.2) is 0 Å². The molecule has 0 bridgehead atoms. The molecule has 0 aliphatic carbocycles. The average Bonchev–Trinajstić information content (AvgIpc) is 3.95. The molecule has 306 valence electrons. The maximum absolute atomic E-state index is 9.05. The zero-order valence-corrected chi connectivity index (χ0v) is 36.2. The second kappa shape index (κ2) is 16.9. The Hall–Kier alpha value is -7.33. The molecule has 0 unspecified atom stereocenters. The molecule has 0 radical (unpaired) electrons. The van der Waals surface area contributed by atoms with Crippen LogP contribution in [0.25, 0.3) is 83.4 Å². The molecule has 0 saturated heterocycles. The van der Waals surface area contributed by atoms with Crippen molar-refractivity contribution in [3.05, 3.63) is 224 Å². The Bertz CT molecular complexity index is 3900. The van der Waals surface area contributed by atoms with Gasteiger partial charge in [-0.3, -0.25) is 4.57 Å². The van der Waals surface area contributed by atoms with Crippen molar-refractivity contribution in [1.82, 2.24) is 14.1 Å². The van der Waals surface area contributed by atoms with Crippen molar-refractivity contribution in [3.63, 3.8) is 0 Å². The zero-order valence-electron chi connectivity index (χ0n) is 43.9. The van der Waals surface area contributed by atoms with E-state index in [2.05, 4.69) is 66.3 Å². The Morgan fingerprint density at radius 2 is 1.35 bits per heavy atom. The van der Waals surface area contributed by atoms with Crippen molar-refractivity contribution >= 4 is 32.8 Å². The van der Waals surface area contributed by atoms with Crippen molar-refractivity contribution in [3.8, 4) is 62.1 Å². The van der Waals surface area contributed by atoms with Crippen LogP contribution >= 0.6 is 0 Å². The van der Waals surface area contributed by atoms with Crippen LogP contribution < -0.4 is 9.30 Å². The van der Waals surface area contributed by atoms with E-state index < -0.39 is 60.4 Å². The Balaban J connectivity index is 0.00000611. The summed E-state index contributed by atoms with van der Waals surface area (Å²) >= 11 is 0. The van der Waals surface area contributed by atoms with E-state index in [-0.39, 0.29) is 49.0 Å². The maximum atomic E-state index is 9.05. The molecule has 0 aliphatic heterocycles. The van der Waals surface area contributed by atoms with E-state index in [4.69, 9.17) is 23.4 Å². The topological polar surface area (TPSA) is 35.9 Å². The van der Waals surface area contributed by atoms with Gasteiger partial charge in [-0.15, -0.1) is 29.7 Å². The fourth-order valence-electron chi connectivity index (χ4n) is 8.20. The van der Waals surface area contributed by atoms with E-state index >= 15 is 0 Å². The van der Waals surface area contributed by atoms with Gasteiger partial charge in [-0.05, 0) is 87.1 Å². The maximum Gasteiger partial charge on any atom is 0.268 e. The fourth-order valence-corrected chi connectivity index (χ4v) is 8.20. The molecule has 0 saturated carbocycles. The Morgan fingerprint density at radius 3 is 2.10 bits per heavy atom. The van der Waals surface area contributed by atoms with Gasteiger partial charge < -0.3 is 13.9 Å². The molecule has 5 nitrogen and oxygen atoms in total. The Morgan fingerprint density at radius 1 is 0.635 bits per heavy atom. The second-order valence-electron chi connectivity index (χ2n) is 14.8. The van der Waals surface area contributed by atoms with Gasteiger partial charge in [0.25, 0.3) is 6.33 Å². The van der Waals surface area contributed by atoms with Gasteiger partial charge in [0.05, 0.1) is 30.4 Å². The van der Waals surface area contributed by atoms with E-state index in [0.717, 1.165) is 56.3 Å². The molecule has 8 aromatic carbocycles. The summed E-state index contributed by atoms with van der Waals surface area (Å²) in [5.74, 6) is 1.54. The van der Waals surface area contributed by atoms with Crippen molar-refractivity contribution < 1.29 is 44.1 Å². The Labute approximate surface area is 395 Å². The third kappa shape index (κ3) is 7.25. The number of ether oxygens (including phenoxy) is 1. The van der Waals surface area contributed by atoms with Crippen LogP contribution in [0.3, 0.4) is 0 Å². The van der Waals surface area contributed by atoms with E-state index in [1.165, 1.54) is 0 Å². The molecule has 11 aromatic rings. The summed E-state index contributed by atoms with van der Waals surface area (Å²) in [5, 5.41) is 2.00. The molecule has 0 N–H and O–H groups in total. The third-order valence-corrected chi connectivity index (χ3v) is 11.1. The standard InChI is InChI=1S/C57H40N4O.Pt/c1-3-40-32-33-58-55(34-40)61-52-31-28-44(41-17-7-4-8-18-41)35-51(52)50-30-29-47(37-54(50)61)62-46-24-14-23-45(36-46)59-38-60(56-39(2)16-13-27-53(56)59)57-48(42-19-9-5-10-20-42)25-15-26-49(57)43-21-11-6-12-22-43;/h4-35H,3H2,1-2H3;/q-2;/i5D,6D,9D,10D,11D,12D,19D,20D,21D,22D;. The number of hydrogen-bond acceptors (Lipinski definition) is 2. The first-order valence-electron chi connectivity index (χ1n) is 25.2. The van der Waals surface area contributed by atoms with Crippen LogP contribution in [0.4, 0.5) is 0 Å². The number of aryl methyl sites for hydroxylation is 2. The number of imidazole rings is 1. The SMILES string of the molecule is [2H]c1c([2H])c([2H])c(-c2cccc(-c3c([2H])c([2H])c([2H])c([2H])c3[2H])c2-[n+]2[c-]n(-c3[c-]c(Oc4[c-]c5c(cc4)c4cc(-c6ccccc6)ccc4n5-c4cc(CC)ccn4)ccc3)c3cccc(C)c32)c([2H])c1[2H].[Pt]. The molecule has 0 fully saturated rings. The van der Waals surface area contributed by atoms with Crippen LogP contribution in [0.1, 0.15) is 31.8 Å². The van der Waals surface area contributed by atoms with Gasteiger partial charge in [-0.1, -0.05) is 152 Å². The molecule has 6 heteroatoms. The second-order valence-corrected chi connectivity index (χ2v) is 14.8. The molecule has 3 aromatic heterocycles. The van der Waals surface area contributed by atoms with Gasteiger partial charge in [-0.2, -0.15) is 18.2 Å². The number of benzene rings is 8. The first kappa shape index (κ1) is 29.8. The molecule has 3 heterocycles. The molecule has 11 rings (SSSR count). The van der Waals surface area contributed by atoms with Crippen LogP contribution in [0.2, 0.25) is 0 Å².